The van der Waals surface area contributed by atoms with Crippen LogP contribution < -0.4 is 0 Å². The summed E-state index contributed by atoms with van der Waals surface area (Å²) in [4.78, 5) is 19.7. The second kappa shape index (κ2) is 29.3. The van der Waals surface area contributed by atoms with Crippen LogP contribution in [0.4, 0.5) is 0 Å². The molecule has 4 heteroatoms. The number of hydrogen-bond acceptors (Lipinski definition) is 3. The van der Waals surface area contributed by atoms with Crippen molar-refractivity contribution in [3.63, 3.8) is 0 Å². The summed E-state index contributed by atoms with van der Waals surface area (Å²) in [5.41, 5.74) is 12.8. The van der Waals surface area contributed by atoms with E-state index in [1.165, 1.54) is 64.8 Å². The topological polar surface area (TPSA) is 46.5 Å². The molecule has 0 aliphatic rings. The van der Waals surface area contributed by atoms with Crippen molar-refractivity contribution in [1.29, 1.82) is 0 Å². The van der Waals surface area contributed by atoms with E-state index in [4.69, 9.17) is 4.18 Å². The first-order valence-electron chi connectivity index (χ1n) is 27.0. The summed E-state index contributed by atoms with van der Waals surface area (Å²) in [5.74, 6) is -0.426. The molecule has 0 fully saturated rings. The molecule has 0 bridgehead atoms. The number of carbonyl (C=O) groups is 1. The number of carbonyl (C=O) groups excluding carboxylic acids is 1. The fourth-order valence-corrected chi connectivity index (χ4v) is 14.1. The average Bonchev–Trinajstić information content (AvgIpc) is 3.32. The highest BCUT2D eigenvalue weighted by Crippen LogP contribution is 2.75. The third-order valence-corrected chi connectivity index (χ3v) is 17.0. The van der Waals surface area contributed by atoms with E-state index in [0.717, 1.165) is 173 Å². The van der Waals surface area contributed by atoms with Crippen molar-refractivity contribution in [3.8, 4) is 5.75 Å². The maximum absolute atomic E-state index is 15.8. The van der Waals surface area contributed by atoms with Crippen LogP contribution in [-0.2, 0) is 62.0 Å². The Kier molecular flexibility index (Phi) is 24.4. The summed E-state index contributed by atoms with van der Waals surface area (Å²) >= 11 is 0. The van der Waals surface area contributed by atoms with Gasteiger partial charge in [-0.3, -0.25) is 0 Å². The van der Waals surface area contributed by atoms with Crippen LogP contribution in [0.1, 0.15) is 238 Å². The molecule has 0 aromatic heterocycles. The first-order chi connectivity index (χ1) is 31.7. The molecule has 360 valence electrons. The molecule has 0 unspecified atom stereocenters. The summed E-state index contributed by atoms with van der Waals surface area (Å²) in [7, 11) is -2.84. The molecular weight excluding hydrogens is 813 g/mol. The number of aryl methyl sites for hydroxylation is 9. The summed E-state index contributed by atoms with van der Waals surface area (Å²) in [6.45, 7) is 20.8. The van der Waals surface area contributed by atoms with Gasteiger partial charge in [-0.15, -0.1) is 0 Å². The van der Waals surface area contributed by atoms with Gasteiger partial charge in [0.05, 0.1) is 0 Å². The summed E-state index contributed by atoms with van der Waals surface area (Å²) in [6.07, 6.45) is 28.7. The van der Waals surface area contributed by atoms with Gasteiger partial charge < -0.3 is 9.29 Å². The molecule has 0 aliphatic heterocycles. The second-order valence-corrected chi connectivity index (χ2v) is 21.6. The molecule has 0 saturated carbocycles. The first-order valence-corrected chi connectivity index (χ1v) is 28.6. The van der Waals surface area contributed by atoms with Gasteiger partial charge in [0.25, 0.3) is 0 Å². The number of unbranched alkanes of at least 4 members (excludes halogenated alkanes) is 9. The van der Waals surface area contributed by atoms with Gasteiger partial charge in [-0.05, 0) is 188 Å². The molecule has 1 N–H and O–H groups in total. The Bertz CT molecular complexity index is 1760. The lowest BCUT2D eigenvalue weighted by molar-refractivity contribution is 0.0754. The van der Waals surface area contributed by atoms with Crippen molar-refractivity contribution in [2.75, 3.05) is 0 Å². The van der Waals surface area contributed by atoms with Crippen molar-refractivity contribution in [1.82, 2.24) is 0 Å². The molecule has 0 aliphatic carbocycles. The zero-order valence-corrected chi connectivity index (χ0v) is 43.9. The highest BCUT2D eigenvalue weighted by atomic mass is 32.3. The van der Waals surface area contributed by atoms with Crippen LogP contribution in [0, 0.1) is 0 Å². The molecule has 0 amide bonds. The van der Waals surface area contributed by atoms with Gasteiger partial charge in [-0.2, -0.15) is 0 Å². The van der Waals surface area contributed by atoms with E-state index < -0.39 is 16.3 Å². The summed E-state index contributed by atoms with van der Waals surface area (Å²) < 4.78 is 8.03. The van der Waals surface area contributed by atoms with Crippen LogP contribution in [0.2, 0.25) is 0 Å². The Labute approximate surface area is 400 Å². The van der Waals surface area contributed by atoms with Gasteiger partial charge in [-0.1, -0.05) is 169 Å². The maximum atomic E-state index is 15.8. The highest BCUT2D eigenvalue weighted by Gasteiger charge is 2.45. The SMILES string of the molecule is CCCCc1cc(CCCC)c(S(OC(=O)c2ccccc2O)(c2c(CCCC)cc(CCCC)cc2CCCC)c2c(CCCC)cc(CCCC)cc2CCCC)c(CCCC)c1. The highest BCUT2D eigenvalue weighted by molar-refractivity contribution is 8.30. The molecule has 4 rings (SSSR count). The molecule has 0 radical (unpaired) electrons. The number of benzene rings is 4. The molecule has 0 heterocycles. The van der Waals surface area contributed by atoms with Crippen molar-refractivity contribution in [2.45, 2.75) is 250 Å². The molecule has 65 heavy (non-hydrogen) atoms. The van der Waals surface area contributed by atoms with Gasteiger partial charge >= 0.3 is 5.97 Å². The number of para-hydroxylation sites is 1. The predicted molar refractivity (Wildman–Crippen MR) is 283 cm³/mol. The van der Waals surface area contributed by atoms with Gasteiger partial charge in [0.15, 0.2) is 0 Å². The van der Waals surface area contributed by atoms with Crippen molar-refractivity contribution in [2.24, 2.45) is 0 Å². The Hall–Kier alpha value is -3.50. The average molecular weight is 905 g/mol. The zero-order valence-electron chi connectivity index (χ0n) is 43.0. The number of hydrogen-bond donors (Lipinski definition) is 1. The lowest BCUT2D eigenvalue weighted by Gasteiger charge is -2.47. The Balaban J connectivity index is 2.52. The molecule has 0 atom stereocenters. The van der Waals surface area contributed by atoms with E-state index in [1.54, 1.807) is 12.1 Å². The van der Waals surface area contributed by atoms with E-state index in [2.05, 4.69) is 98.7 Å². The van der Waals surface area contributed by atoms with E-state index in [1.807, 2.05) is 12.1 Å². The van der Waals surface area contributed by atoms with Crippen LogP contribution >= 0.6 is 10.3 Å². The monoisotopic (exact) mass is 905 g/mol. The minimum atomic E-state index is -2.84. The van der Waals surface area contributed by atoms with Crippen molar-refractivity contribution in [3.05, 3.63) is 116 Å². The smallest absolute Gasteiger partial charge is 0.353 e. The van der Waals surface area contributed by atoms with Crippen LogP contribution in [-0.4, -0.2) is 11.1 Å². The van der Waals surface area contributed by atoms with Gasteiger partial charge in [0.2, 0.25) is 0 Å². The van der Waals surface area contributed by atoms with Gasteiger partial charge in [-0.25, -0.2) is 4.79 Å². The van der Waals surface area contributed by atoms with Crippen LogP contribution in [0.3, 0.4) is 0 Å². The van der Waals surface area contributed by atoms with E-state index >= 15 is 4.79 Å². The fourth-order valence-electron chi connectivity index (χ4n) is 9.72. The third-order valence-electron chi connectivity index (χ3n) is 13.3. The number of aromatic hydroxyl groups is 1. The van der Waals surface area contributed by atoms with E-state index in [9.17, 15) is 5.11 Å². The number of phenols is 1. The normalized spacial score (nSPS) is 12.0. The summed E-state index contributed by atoms with van der Waals surface area (Å²) in [6, 6.07) is 22.5. The molecule has 0 spiro atoms. The molecule has 0 saturated heterocycles. The molecule has 3 nitrogen and oxygen atoms in total. The largest absolute Gasteiger partial charge is 0.507 e. The van der Waals surface area contributed by atoms with Gasteiger partial charge in [0.1, 0.15) is 11.3 Å². The maximum Gasteiger partial charge on any atom is 0.353 e. The van der Waals surface area contributed by atoms with E-state index in [-0.39, 0.29) is 11.3 Å². The summed E-state index contributed by atoms with van der Waals surface area (Å²) in [5, 5.41) is 11.6. The molecular formula is C61H92O3S. The predicted octanol–water partition coefficient (Wildman–Crippen LogP) is 18.5. The zero-order chi connectivity index (χ0) is 47.0. The standard InChI is InChI=1S/C61H92O3S/c1-10-19-30-47-41-50(33-22-13-4)58(51(42-47)34-23-14-5)65(64-61(63)56-39-28-29-40-57(56)62,59-52(35-24-15-6)43-48(31-20-11-2)44-53(59)36-25-16-7)60-54(37-26-17-8)45-49(32-21-12-3)46-55(60)38-27-18-9/h28-29,39-46,62H,10-27,30-38H2,1-9H3. The molecule has 4 aromatic carbocycles. The lowest BCUT2D eigenvalue weighted by Crippen LogP contribution is -2.23. The molecule has 4 aromatic rings. The lowest BCUT2D eigenvalue weighted by atomic mass is 9.95. The van der Waals surface area contributed by atoms with Crippen molar-refractivity contribution >= 4 is 16.3 Å². The van der Waals surface area contributed by atoms with Crippen molar-refractivity contribution < 1.29 is 14.1 Å². The first kappa shape index (κ1) is 54.1. The van der Waals surface area contributed by atoms with Crippen LogP contribution in [0.5, 0.6) is 5.75 Å². The van der Waals surface area contributed by atoms with Gasteiger partial charge in [0, 0.05) is 14.7 Å². The number of phenolic OH excluding ortho intramolecular Hbond substituents is 1. The van der Waals surface area contributed by atoms with Crippen LogP contribution in [0.15, 0.2) is 75.4 Å². The minimum Gasteiger partial charge on any atom is -0.507 e. The quantitative estimate of drug-likeness (QED) is 0.0531. The van der Waals surface area contributed by atoms with Crippen LogP contribution in [0.25, 0.3) is 0 Å². The number of rotatable bonds is 32. The van der Waals surface area contributed by atoms with E-state index in [0.29, 0.717) is 0 Å². The third kappa shape index (κ3) is 14.7. The fraction of sp³-hybridized carbons (Fsp3) is 0.590. The minimum absolute atomic E-state index is 0.0159. The Morgan fingerprint density at radius 2 is 0.646 bits per heavy atom. The Morgan fingerprint density at radius 3 is 0.892 bits per heavy atom. The Morgan fingerprint density at radius 1 is 0.400 bits per heavy atom. The second-order valence-electron chi connectivity index (χ2n) is 19.1.